The fourth-order valence-corrected chi connectivity index (χ4v) is 6.33. The molecule has 1 heterocycles. The average molecular weight is 581 g/mol. The van der Waals surface area contributed by atoms with Gasteiger partial charge in [-0.15, -0.1) is 12.4 Å². The highest BCUT2D eigenvalue weighted by Gasteiger charge is 2.28. The third-order valence-corrected chi connectivity index (χ3v) is 8.64. The Bertz CT molecular complexity index is 1130. The number of aliphatic hydroxyl groups is 1. The molecule has 4 N–H and O–H groups in total. The van der Waals surface area contributed by atoms with Crippen LogP contribution >= 0.6 is 12.4 Å². The third kappa shape index (κ3) is 10.3. The molecule has 0 saturated carbocycles. The number of carbonyl (C=O) groups is 1. The number of aliphatic hydroxyl groups excluding tert-OH is 1. The number of hydrogen-bond acceptors (Lipinski definition) is 6. The fourth-order valence-electron chi connectivity index (χ4n) is 4.70. The smallest absolute Gasteiger partial charge is 0.251 e. The number of halogens is 1. The number of amides is 1. The minimum Gasteiger partial charge on any atom is -0.390 e. The quantitative estimate of drug-likeness (QED) is 0.249. The van der Waals surface area contributed by atoms with E-state index in [0.717, 1.165) is 31.4 Å². The summed E-state index contributed by atoms with van der Waals surface area (Å²) >= 11 is 0. The number of benzene rings is 2. The van der Waals surface area contributed by atoms with Crippen molar-refractivity contribution < 1.29 is 18.3 Å². The second kappa shape index (κ2) is 16.1. The van der Waals surface area contributed by atoms with E-state index in [-0.39, 0.29) is 24.1 Å². The van der Waals surface area contributed by atoms with Crippen LogP contribution in [0.3, 0.4) is 0 Å². The van der Waals surface area contributed by atoms with Crippen LogP contribution in [-0.4, -0.2) is 63.5 Å². The maximum atomic E-state index is 13.5. The minimum atomic E-state index is -3.42. The number of hydrogen-bond donors (Lipinski definition) is 4. The molecule has 2 aromatic rings. The van der Waals surface area contributed by atoms with Gasteiger partial charge in [-0.1, -0.05) is 44.2 Å². The van der Waals surface area contributed by atoms with Gasteiger partial charge in [0, 0.05) is 30.9 Å². The molecule has 1 saturated heterocycles. The van der Waals surface area contributed by atoms with E-state index < -0.39 is 22.2 Å². The van der Waals surface area contributed by atoms with Gasteiger partial charge >= 0.3 is 0 Å². The zero-order valence-corrected chi connectivity index (χ0v) is 25.0. The normalized spacial score (nSPS) is 16.3. The van der Waals surface area contributed by atoms with E-state index in [1.54, 1.807) is 18.2 Å². The Labute approximate surface area is 240 Å². The van der Waals surface area contributed by atoms with Crippen LogP contribution in [0.4, 0.5) is 11.4 Å². The van der Waals surface area contributed by atoms with Crippen molar-refractivity contribution in [1.82, 2.24) is 10.6 Å². The van der Waals surface area contributed by atoms with Gasteiger partial charge in [0.25, 0.3) is 5.91 Å². The minimum absolute atomic E-state index is 0. The van der Waals surface area contributed by atoms with Gasteiger partial charge in [-0.3, -0.25) is 9.10 Å². The maximum Gasteiger partial charge on any atom is 0.251 e. The predicted molar refractivity (Wildman–Crippen MR) is 163 cm³/mol. The highest BCUT2D eigenvalue weighted by Crippen LogP contribution is 2.28. The molecule has 0 radical (unpaired) electrons. The summed E-state index contributed by atoms with van der Waals surface area (Å²) in [7, 11) is -3.42. The van der Waals surface area contributed by atoms with E-state index >= 15 is 0 Å². The van der Waals surface area contributed by atoms with Gasteiger partial charge < -0.3 is 21.1 Å². The first-order valence-corrected chi connectivity index (χ1v) is 15.4. The van der Waals surface area contributed by atoms with Gasteiger partial charge in [0.15, 0.2) is 0 Å². The molecular formula is C29H45ClN4O4S. The molecule has 0 aliphatic carbocycles. The summed E-state index contributed by atoms with van der Waals surface area (Å²) in [6, 6.07) is 14.4. The lowest BCUT2D eigenvalue weighted by atomic mass is 10.00. The first kappa shape index (κ1) is 32.9. The largest absolute Gasteiger partial charge is 0.390 e. The molecule has 0 spiro atoms. The summed E-state index contributed by atoms with van der Waals surface area (Å²) in [6.45, 7) is 8.54. The fraction of sp³-hybridized carbons (Fsp3) is 0.552. The Hall–Kier alpha value is -2.33. The molecule has 39 heavy (non-hydrogen) atoms. The van der Waals surface area contributed by atoms with Crippen LogP contribution in [0.25, 0.3) is 0 Å². The van der Waals surface area contributed by atoms with E-state index in [2.05, 4.69) is 29.8 Å². The lowest BCUT2D eigenvalue weighted by Gasteiger charge is -2.29. The van der Waals surface area contributed by atoms with E-state index in [0.29, 0.717) is 55.3 Å². The van der Waals surface area contributed by atoms with Crippen LogP contribution in [-0.2, 0) is 16.4 Å². The number of nitrogens with zero attached hydrogens (tertiary/aromatic N) is 1. The molecule has 10 heteroatoms. The third-order valence-electron chi connectivity index (χ3n) is 6.77. The molecule has 3 rings (SSSR count). The summed E-state index contributed by atoms with van der Waals surface area (Å²) in [5, 5.41) is 20.6. The Morgan fingerprint density at radius 2 is 1.85 bits per heavy atom. The summed E-state index contributed by atoms with van der Waals surface area (Å²) in [5.41, 5.74) is 2.54. The van der Waals surface area contributed by atoms with Crippen LogP contribution in [0.5, 0.6) is 0 Å². The van der Waals surface area contributed by atoms with Crippen LogP contribution in [0.1, 0.15) is 62.4 Å². The number of anilines is 2. The standard InChI is InChI=1S/C29H44N4O4S.ClH/c1-4-31-25-18-24(19-26(20-25)33-15-8-9-16-38(33,36)37)29(35)32-27(17-23-12-6-5-7-13-23)28(34)21-30-14-10-11-22(2)3;/h5-7,12-13,18-20,22,27-28,30-31,34H,4,8-11,14-17,21H2,1-3H3,(H,32,35);1H/t27-,28+;/m0./s1. The molecule has 1 aliphatic heterocycles. The highest BCUT2D eigenvalue weighted by molar-refractivity contribution is 7.92. The van der Waals surface area contributed by atoms with Crippen molar-refractivity contribution in [3.8, 4) is 0 Å². The molecule has 0 bridgehead atoms. The first-order chi connectivity index (χ1) is 18.2. The molecular weight excluding hydrogens is 536 g/mol. The van der Waals surface area contributed by atoms with Crippen molar-refractivity contribution in [2.75, 3.05) is 41.6 Å². The lowest BCUT2D eigenvalue weighted by Crippen LogP contribution is -2.49. The Morgan fingerprint density at radius 3 is 2.51 bits per heavy atom. The van der Waals surface area contributed by atoms with Crippen LogP contribution in [0.15, 0.2) is 48.5 Å². The van der Waals surface area contributed by atoms with Gasteiger partial charge in [-0.25, -0.2) is 8.42 Å². The van der Waals surface area contributed by atoms with Gasteiger partial charge in [-0.2, -0.15) is 0 Å². The summed E-state index contributed by atoms with van der Waals surface area (Å²) in [6.07, 6.45) is 3.24. The second-order valence-corrected chi connectivity index (χ2v) is 12.5. The van der Waals surface area contributed by atoms with E-state index in [9.17, 15) is 18.3 Å². The SMILES string of the molecule is CCNc1cc(C(=O)N[C@@H](Cc2ccccc2)[C@H](O)CNCCCC(C)C)cc(N2CCCCS2(=O)=O)c1.Cl. The van der Waals surface area contributed by atoms with Crippen LogP contribution in [0.2, 0.25) is 0 Å². The summed E-state index contributed by atoms with van der Waals surface area (Å²) in [4.78, 5) is 13.5. The molecule has 0 unspecified atom stereocenters. The van der Waals surface area contributed by atoms with E-state index in [1.165, 1.54) is 4.31 Å². The van der Waals surface area contributed by atoms with Crippen LogP contribution in [0, 0.1) is 5.92 Å². The van der Waals surface area contributed by atoms with E-state index in [1.807, 2.05) is 37.3 Å². The van der Waals surface area contributed by atoms with Gasteiger partial charge in [0.1, 0.15) is 0 Å². The monoisotopic (exact) mass is 580 g/mol. The van der Waals surface area contributed by atoms with Crippen molar-refractivity contribution >= 4 is 39.7 Å². The molecule has 0 aromatic heterocycles. The molecule has 2 atom stereocenters. The molecule has 1 amide bonds. The van der Waals surface area contributed by atoms with Gasteiger partial charge in [0.2, 0.25) is 10.0 Å². The van der Waals surface area contributed by atoms with Crippen molar-refractivity contribution in [1.29, 1.82) is 0 Å². The summed E-state index contributed by atoms with van der Waals surface area (Å²) in [5.74, 6) is 0.393. The van der Waals surface area contributed by atoms with Crippen molar-refractivity contribution in [3.05, 3.63) is 59.7 Å². The number of sulfonamides is 1. The molecule has 218 valence electrons. The van der Waals surface area contributed by atoms with Crippen LogP contribution < -0.4 is 20.3 Å². The Morgan fingerprint density at radius 1 is 1.10 bits per heavy atom. The maximum absolute atomic E-state index is 13.5. The van der Waals surface area contributed by atoms with Crippen molar-refractivity contribution in [3.63, 3.8) is 0 Å². The Kier molecular flexibility index (Phi) is 13.5. The number of carbonyl (C=O) groups excluding carboxylic acids is 1. The number of nitrogens with one attached hydrogen (secondary N) is 3. The highest BCUT2D eigenvalue weighted by atomic mass is 35.5. The molecule has 1 aliphatic rings. The molecule has 2 aromatic carbocycles. The van der Waals surface area contributed by atoms with Crippen molar-refractivity contribution in [2.24, 2.45) is 5.92 Å². The zero-order valence-electron chi connectivity index (χ0n) is 23.4. The molecule has 1 fully saturated rings. The Balaban J connectivity index is 0.00000533. The zero-order chi connectivity index (χ0) is 27.5. The number of rotatable bonds is 14. The van der Waals surface area contributed by atoms with E-state index in [4.69, 9.17) is 0 Å². The van der Waals surface area contributed by atoms with Crippen molar-refractivity contribution in [2.45, 2.75) is 65.0 Å². The summed E-state index contributed by atoms with van der Waals surface area (Å²) < 4.78 is 26.9. The average Bonchev–Trinajstić information content (AvgIpc) is 2.88. The topological polar surface area (TPSA) is 111 Å². The van der Waals surface area contributed by atoms with Gasteiger partial charge in [0.05, 0.1) is 23.6 Å². The second-order valence-electron chi connectivity index (χ2n) is 10.5. The van der Waals surface area contributed by atoms with Gasteiger partial charge in [-0.05, 0) is 75.3 Å². The first-order valence-electron chi connectivity index (χ1n) is 13.8. The predicted octanol–water partition coefficient (Wildman–Crippen LogP) is 4.20. The lowest BCUT2D eigenvalue weighted by molar-refractivity contribution is 0.0830. The molecule has 8 nitrogen and oxygen atoms in total.